The molecule has 112 valence electrons. The number of nitrogens with two attached hydrogens (primary N) is 1. The van der Waals surface area contributed by atoms with Crippen LogP contribution in [0.2, 0.25) is 10.0 Å². The molecule has 0 bridgehead atoms. The number of nitrogen functional groups attached to an aromatic ring is 1. The number of hydrogen-bond acceptors (Lipinski definition) is 3. The molecule has 1 heterocycles. The third-order valence-corrected chi connectivity index (χ3v) is 3.43. The Balaban J connectivity index is 1.87. The number of carbonyl (C=O) groups is 1. The van der Waals surface area contributed by atoms with Gasteiger partial charge in [0.2, 0.25) is 5.91 Å². The van der Waals surface area contributed by atoms with Gasteiger partial charge in [-0.15, -0.1) is 0 Å². The van der Waals surface area contributed by atoms with E-state index in [2.05, 4.69) is 10.4 Å². The van der Waals surface area contributed by atoms with Crippen LogP contribution in [0.25, 0.3) is 0 Å². The number of aryl methyl sites for hydroxylation is 2. The van der Waals surface area contributed by atoms with E-state index in [0.29, 0.717) is 40.8 Å². The number of aromatic nitrogens is 2. The van der Waals surface area contributed by atoms with E-state index in [9.17, 15) is 4.79 Å². The number of carbonyl (C=O) groups excluding carboxylic acids is 1. The first kappa shape index (κ1) is 15.7. The maximum atomic E-state index is 11.9. The van der Waals surface area contributed by atoms with Gasteiger partial charge in [-0.25, -0.2) is 0 Å². The van der Waals surface area contributed by atoms with E-state index in [1.54, 1.807) is 12.1 Å². The van der Waals surface area contributed by atoms with Crippen LogP contribution in [0.4, 0.5) is 11.4 Å². The highest BCUT2D eigenvalue weighted by molar-refractivity contribution is 6.37. The lowest BCUT2D eigenvalue weighted by atomic mass is 10.2. The molecule has 5 nitrogen and oxygen atoms in total. The summed E-state index contributed by atoms with van der Waals surface area (Å²) < 4.78 is 1.81. The molecule has 0 spiro atoms. The number of anilines is 2. The van der Waals surface area contributed by atoms with Crippen molar-refractivity contribution in [2.75, 3.05) is 11.1 Å². The molecule has 0 radical (unpaired) electrons. The van der Waals surface area contributed by atoms with Gasteiger partial charge < -0.3 is 11.1 Å². The average Bonchev–Trinajstić information content (AvgIpc) is 2.79. The number of hydrogen-bond donors (Lipinski definition) is 2. The van der Waals surface area contributed by atoms with Crippen molar-refractivity contribution >= 4 is 40.5 Å². The van der Waals surface area contributed by atoms with Crippen LogP contribution in [-0.2, 0) is 11.3 Å². The van der Waals surface area contributed by atoms with E-state index in [1.807, 2.05) is 23.9 Å². The lowest BCUT2D eigenvalue weighted by molar-refractivity contribution is -0.116. The lowest BCUT2D eigenvalue weighted by Gasteiger charge is -2.10. The summed E-state index contributed by atoms with van der Waals surface area (Å²) >= 11 is 11.8. The van der Waals surface area contributed by atoms with Crippen molar-refractivity contribution in [3.8, 4) is 0 Å². The van der Waals surface area contributed by atoms with Gasteiger partial charge in [-0.2, -0.15) is 5.10 Å². The van der Waals surface area contributed by atoms with E-state index in [0.717, 1.165) is 5.69 Å². The summed E-state index contributed by atoms with van der Waals surface area (Å²) in [5.74, 6) is -0.144. The third kappa shape index (κ3) is 4.37. The Kier molecular flexibility index (Phi) is 5.09. The van der Waals surface area contributed by atoms with Gasteiger partial charge in [-0.05, 0) is 31.5 Å². The first-order valence-electron chi connectivity index (χ1n) is 6.50. The molecule has 7 heteroatoms. The van der Waals surface area contributed by atoms with E-state index >= 15 is 0 Å². The normalized spacial score (nSPS) is 10.6. The molecule has 2 rings (SSSR count). The van der Waals surface area contributed by atoms with Crippen molar-refractivity contribution in [3.63, 3.8) is 0 Å². The van der Waals surface area contributed by atoms with Crippen molar-refractivity contribution in [2.24, 2.45) is 0 Å². The number of benzene rings is 1. The number of rotatable bonds is 5. The van der Waals surface area contributed by atoms with E-state index in [-0.39, 0.29) is 5.91 Å². The zero-order valence-corrected chi connectivity index (χ0v) is 13.1. The van der Waals surface area contributed by atoms with Gasteiger partial charge in [0.15, 0.2) is 0 Å². The zero-order chi connectivity index (χ0) is 15.4. The highest BCUT2D eigenvalue weighted by Gasteiger charge is 2.10. The first-order valence-corrected chi connectivity index (χ1v) is 7.25. The predicted octanol–water partition coefficient (Wildman–Crippen LogP) is 3.50. The molecule has 1 aromatic heterocycles. The van der Waals surface area contributed by atoms with Crippen molar-refractivity contribution < 1.29 is 4.79 Å². The van der Waals surface area contributed by atoms with Gasteiger partial charge in [-0.1, -0.05) is 23.2 Å². The van der Waals surface area contributed by atoms with E-state index in [1.165, 1.54) is 0 Å². The molecule has 0 aliphatic heterocycles. The summed E-state index contributed by atoms with van der Waals surface area (Å²) in [6.07, 6.45) is 2.93. The second-order valence-electron chi connectivity index (χ2n) is 4.72. The Morgan fingerprint density at radius 3 is 2.81 bits per heavy atom. The highest BCUT2D eigenvalue weighted by Crippen LogP contribution is 2.32. The summed E-state index contributed by atoms with van der Waals surface area (Å²) in [5.41, 5.74) is 7.51. The third-order valence-electron chi connectivity index (χ3n) is 2.91. The van der Waals surface area contributed by atoms with Crippen molar-refractivity contribution in [3.05, 3.63) is 40.1 Å². The molecule has 2 aromatic rings. The molecule has 0 aliphatic carbocycles. The predicted molar refractivity (Wildman–Crippen MR) is 85.7 cm³/mol. The summed E-state index contributed by atoms with van der Waals surface area (Å²) in [7, 11) is 0. The van der Waals surface area contributed by atoms with Crippen LogP contribution in [0.1, 0.15) is 18.5 Å². The molecular formula is C14H16Cl2N4O. The lowest BCUT2D eigenvalue weighted by Crippen LogP contribution is -2.14. The Morgan fingerprint density at radius 1 is 1.43 bits per heavy atom. The fraction of sp³-hybridized carbons (Fsp3) is 0.286. The molecule has 21 heavy (non-hydrogen) atoms. The largest absolute Gasteiger partial charge is 0.397 e. The van der Waals surface area contributed by atoms with Gasteiger partial charge in [0, 0.05) is 24.2 Å². The van der Waals surface area contributed by atoms with E-state index in [4.69, 9.17) is 28.9 Å². The quantitative estimate of drug-likeness (QED) is 0.826. The second-order valence-corrected chi connectivity index (χ2v) is 5.57. The maximum Gasteiger partial charge on any atom is 0.224 e. The second kappa shape index (κ2) is 6.83. The summed E-state index contributed by atoms with van der Waals surface area (Å²) in [5, 5.41) is 7.74. The van der Waals surface area contributed by atoms with Crippen LogP contribution in [0.15, 0.2) is 24.4 Å². The molecule has 1 amide bonds. The van der Waals surface area contributed by atoms with Crippen LogP contribution in [0.5, 0.6) is 0 Å². The molecule has 0 atom stereocenters. The Labute approximate surface area is 133 Å². The zero-order valence-electron chi connectivity index (χ0n) is 11.6. The minimum Gasteiger partial charge on any atom is -0.397 e. The maximum absolute atomic E-state index is 11.9. The molecule has 0 fully saturated rings. The van der Waals surface area contributed by atoms with Crippen molar-refractivity contribution in [2.45, 2.75) is 26.3 Å². The Hall–Kier alpha value is -1.72. The van der Waals surface area contributed by atoms with Crippen LogP contribution in [-0.4, -0.2) is 15.7 Å². The fourth-order valence-corrected chi connectivity index (χ4v) is 2.47. The van der Waals surface area contributed by atoms with Crippen LogP contribution >= 0.6 is 23.2 Å². The topological polar surface area (TPSA) is 72.9 Å². The van der Waals surface area contributed by atoms with Gasteiger partial charge in [-0.3, -0.25) is 9.48 Å². The Bertz CT molecular complexity index is 631. The molecule has 0 unspecified atom stereocenters. The SMILES string of the molecule is Cc1ccn(CCCC(=O)Nc2c(N)cc(Cl)cc2Cl)n1. The van der Waals surface area contributed by atoms with Gasteiger partial charge in [0.25, 0.3) is 0 Å². The number of halogens is 2. The molecule has 0 saturated heterocycles. The van der Waals surface area contributed by atoms with Crippen LogP contribution in [0, 0.1) is 6.92 Å². The number of nitrogens with one attached hydrogen (secondary N) is 1. The summed E-state index contributed by atoms with van der Waals surface area (Å²) in [4.78, 5) is 11.9. The minimum atomic E-state index is -0.144. The van der Waals surface area contributed by atoms with Crippen LogP contribution in [0.3, 0.4) is 0 Å². The van der Waals surface area contributed by atoms with Crippen LogP contribution < -0.4 is 11.1 Å². The number of amides is 1. The standard InChI is InChI=1S/C14H16Cl2N4O/c1-9-4-6-20(19-9)5-2-3-13(21)18-14-11(16)7-10(15)8-12(14)17/h4,6-8H,2-3,5,17H2,1H3,(H,18,21). The molecule has 3 N–H and O–H groups in total. The fourth-order valence-electron chi connectivity index (χ4n) is 1.92. The van der Waals surface area contributed by atoms with Crippen molar-refractivity contribution in [1.29, 1.82) is 0 Å². The molecular weight excluding hydrogens is 311 g/mol. The van der Waals surface area contributed by atoms with Gasteiger partial charge in [0.05, 0.1) is 22.1 Å². The monoisotopic (exact) mass is 326 g/mol. The van der Waals surface area contributed by atoms with Gasteiger partial charge >= 0.3 is 0 Å². The van der Waals surface area contributed by atoms with Crippen molar-refractivity contribution in [1.82, 2.24) is 9.78 Å². The number of nitrogens with zero attached hydrogens (tertiary/aromatic N) is 2. The molecule has 0 saturated carbocycles. The average molecular weight is 327 g/mol. The molecule has 1 aromatic carbocycles. The highest BCUT2D eigenvalue weighted by atomic mass is 35.5. The Morgan fingerprint density at radius 2 is 2.19 bits per heavy atom. The summed E-state index contributed by atoms with van der Waals surface area (Å²) in [6.45, 7) is 2.61. The smallest absolute Gasteiger partial charge is 0.224 e. The summed E-state index contributed by atoms with van der Waals surface area (Å²) in [6, 6.07) is 5.02. The molecule has 0 aliphatic rings. The minimum absolute atomic E-state index is 0.144. The van der Waals surface area contributed by atoms with Gasteiger partial charge in [0.1, 0.15) is 0 Å². The first-order chi connectivity index (χ1) is 9.95. The van der Waals surface area contributed by atoms with E-state index < -0.39 is 0 Å².